The van der Waals surface area contributed by atoms with Crippen molar-refractivity contribution in [3.63, 3.8) is 0 Å². The maximum atomic E-state index is 12.8. The summed E-state index contributed by atoms with van der Waals surface area (Å²) in [7, 11) is 0. The Morgan fingerprint density at radius 2 is 1.79 bits per heavy atom. The van der Waals surface area contributed by atoms with E-state index in [4.69, 9.17) is 9.72 Å². The summed E-state index contributed by atoms with van der Waals surface area (Å²) in [5.74, 6) is 2.04. The zero-order chi connectivity index (χ0) is 23.4. The number of aromatic nitrogens is 2. The van der Waals surface area contributed by atoms with Gasteiger partial charge in [0.2, 0.25) is 0 Å². The fraction of sp³-hybridized carbons (Fsp3) is 0.286. The molecule has 0 unspecified atom stereocenters. The number of benzene rings is 3. The highest BCUT2D eigenvalue weighted by molar-refractivity contribution is 5.95. The van der Waals surface area contributed by atoms with Crippen molar-refractivity contribution in [2.75, 3.05) is 6.61 Å². The number of rotatable bonds is 8. The Balaban J connectivity index is 1.51. The Morgan fingerprint density at radius 1 is 1.03 bits per heavy atom. The number of nitrogens with one attached hydrogen (secondary N) is 1. The van der Waals surface area contributed by atoms with Crippen LogP contribution in [0.3, 0.4) is 0 Å². The van der Waals surface area contributed by atoms with E-state index in [1.165, 1.54) is 5.56 Å². The van der Waals surface area contributed by atoms with Gasteiger partial charge in [-0.15, -0.1) is 0 Å². The number of imidazole rings is 1. The van der Waals surface area contributed by atoms with E-state index >= 15 is 0 Å². The fourth-order valence-corrected chi connectivity index (χ4v) is 4.17. The summed E-state index contributed by atoms with van der Waals surface area (Å²) in [5, 5.41) is 3.05. The van der Waals surface area contributed by atoms with Crippen molar-refractivity contribution in [3.8, 4) is 5.75 Å². The molecule has 1 amide bonds. The van der Waals surface area contributed by atoms with Crippen molar-refractivity contribution in [1.82, 2.24) is 14.9 Å². The number of nitrogens with zero attached hydrogens (tertiary/aromatic N) is 2. The quantitative estimate of drug-likeness (QED) is 0.377. The molecule has 4 rings (SSSR count). The average molecular weight is 442 g/mol. The first kappa shape index (κ1) is 22.6. The largest absolute Gasteiger partial charge is 0.491 e. The van der Waals surface area contributed by atoms with E-state index in [1.54, 1.807) is 0 Å². The minimum absolute atomic E-state index is 0.0896. The average Bonchev–Trinajstić information content (AvgIpc) is 3.15. The molecule has 3 aromatic carbocycles. The zero-order valence-corrected chi connectivity index (χ0v) is 19.8. The molecule has 0 saturated carbocycles. The summed E-state index contributed by atoms with van der Waals surface area (Å²) in [6.45, 7) is 9.83. The van der Waals surface area contributed by atoms with Gasteiger partial charge in [-0.1, -0.05) is 61.9 Å². The third-order valence-corrected chi connectivity index (χ3v) is 5.88. The third kappa shape index (κ3) is 5.08. The van der Waals surface area contributed by atoms with E-state index in [1.807, 2.05) is 68.4 Å². The molecule has 4 aromatic rings. The zero-order valence-electron chi connectivity index (χ0n) is 19.8. The Hall–Kier alpha value is -3.60. The summed E-state index contributed by atoms with van der Waals surface area (Å²) in [6.07, 6.45) is 0. The van der Waals surface area contributed by atoms with Gasteiger partial charge >= 0.3 is 0 Å². The van der Waals surface area contributed by atoms with E-state index < -0.39 is 0 Å². The SMILES string of the molecule is Cc1ccc(C(=O)NCc2nc3ccccc3n2CCOc2ccccc2C(C)C)c(C)c1. The number of ether oxygens (including phenoxy) is 1. The van der Waals surface area contributed by atoms with Crippen molar-refractivity contribution < 1.29 is 9.53 Å². The van der Waals surface area contributed by atoms with Gasteiger partial charge in [0.1, 0.15) is 18.2 Å². The normalized spacial score (nSPS) is 11.2. The van der Waals surface area contributed by atoms with Crippen LogP contribution in [-0.4, -0.2) is 22.1 Å². The van der Waals surface area contributed by atoms with Crippen molar-refractivity contribution in [2.45, 2.75) is 46.7 Å². The van der Waals surface area contributed by atoms with E-state index in [2.05, 4.69) is 35.9 Å². The van der Waals surface area contributed by atoms with Crippen LogP contribution in [0.25, 0.3) is 11.0 Å². The van der Waals surface area contributed by atoms with Gasteiger partial charge in [-0.3, -0.25) is 4.79 Å². The molecule has 0 aliphatic rings. The topological polar surface area (TPSA) is 56.2 Å². The predicted octanol–water partition coefficient (Wildman–Crippen LogP) is 5.79. The van der Waals surface area contributed by atoms with E-state index in [0.717, 1.165) is 33.7 Å². The lowest BCUT2D eigenvalue weighted by Gasteiger charge is -2.15. The third-order valence-electron chi connectivity index (χ3n) is 5.88. The van der Waals surface area contributed by atoms with Crippen LogP contribution in [0.5, 0.6) is 5.75 Å². The van der Waals surface area contributed by atoms with Crippen LogP contribution < -0.4 is 10.1 Å². The maximum absolute atomic E-state index is 12.8. The van der Waals surface area contributed by atoms with Crippen LogP contribution in [-0.2, 0) is 13.1 Å². The highest BCUT2D eigenvalue weighted by atomic mass is 16.5. The van der Waals surface area contributed by atoms with Crippen LogP contribution in [0.1, 0.15) is 52.6 Å². The Morgan fingerprint density at radius 3 is 2.58 bits per heavy atom. The highest BCUT2D eigenvalue weighted by Crippen LogP contribution is 2.26. The van der Waals surface area contributed by atoms with Crippen LogP contribution >= 0.6 is 0 Å². The summed E-state index contributed by atoms with van der Waals surface area (Å²) < 4.78 is 8.30. The fourth-order valence-electron chi connectivity index (χ4n) is 4.17. The Labute approximate surface area is 195 Å². The Kier molecular flexibility index (Phi) is 6.78. The number of carbonyl (C=O) groups is 1. The molecule has 1 N–H and O–H groups in total. The van der Waals surface area contributed by atoms with Gasteiger partial charge in [0.15, 0.2) is 0 Å². The first-order valence-corrected chi connectivity index (χ1v) is 11.5. The van der Waals surface area contributed by atoms with Gasteiger partial charge in [0, 0.05) is 5.56 Å². The molecule has 5 heteroatoms. The smallest absolute Gasteiger partial charge is 0.251 e. The number of amides is 1. The second-order valence-electron chi connectivity index (χ2n) is 8.71. The molecule has 0 bridgehead atoms. The molecule has 1 aromatic heterocycles. The van der Waals surface area contributed by atoms with Crippen LogP contribution in [0.15, 0.2) is 66.7 Å². The lowest BCUT2D eigenvalue weighted by atomic mass is 10.0. The molecule has 0 fully saturated rings. The highest BCUT2D eigenvalue weighted by Gasteiger charge is 2.14. The molecule has 0 aliphatic carbocycles. The van der Waals surface area contributed by atoms with E-state index in [9.17, 15) is 4.79 Å². The lowest BCUT2D eigenvalue weighted by molar-refractivity contribution is 0.0949. The maximum Gasteiger partial charge on any atom is 0.251 e. The number of carbonyl (C=O) groups excluding carboxylic acids is 1. The number of fused-ring (bicyclic) bond motifs is 1. The molecule has 170 valence electrons. The van der Waals surface area contributed by atoms with Gasteiger partial charge in [-0.25, -0.2) is 4.98 Å². The van der Waals surface area contributed by atoms with Crippen LogP contribution in [0.4, 0.5) is 0 Å². The monoisotopic (exact) mass is 441 g/mol. The number of para-hydroxylation sites is 3. The predicted molar refractivity (Wildman–Crippen MR) is 133 cm³/mol. The summed E-state index contributed by atoms with van der Waals surface area (Å²) in [5.41, 5.74) is 5.96. The van der Waals surface area contributed by atoms with Crippen molar-refractivity contribution in [3.05, 3.63) is 94.8 Å². The number of aryl methyl sites for hydroxylation is 2. The number of hydrogen-bond acceptors (Lipinski definition) is 3. The Bertz CT molecular complexity index is 1270. The summed E-state index contributed by atoms with van der Waals surface area (Å²) in [4.78, 5) is 17.6. The van der Waals surface area contributed by atoms with Crippen molar-refractivity contribution in [2.24, 2.45) is 0 Å². The second kappa shape index (κ2) is 9.90. The molecule has 0 aliphatic heterocycles. The van der Waals surface area contributed by atoms with E-state index in [-0.39, 0.29) is 5.91 Å². The molecule has 33 heavy (non-hydrogen) atoms. The summed E-state index contributed by atoms with van der Waals surface area (Å²) >= 11 is 0. The van der Waals surface area contributed by atoms with Crippen molar-refractivity contribution in [1.29, 1.82) is 0 Å². The molecule has 5 nitrogen and oxygen atoms in total. The van der Waals surface area contributed by atoms with Gasteiger partial charge in [0.05, 0.1) is 24.1 Å². The van der Waals surface area contributed by atoms with Gasteiger partial charge in [0.25, 0.3) is 5.91 Å². The molecule has 0 spiro atoms. The van der Waals surface area contributed by atoms with E-state index in [0.29, 0.717) is 31.2 Å². The van der Waals surface area contributed by atoms with Gasteiger partial charge in [-0.05, 0) is 55.2 Å². The minimum Gasteiger partial charge on any atom is -0.491 e. The van der Waals surface area contributed by atoms with Gasteiger partial charge in [-0.2, -0.15) is 0 Å². The molecular weight excluding hydrogens is 410 g/mol. The number of hydrogen-bond donors (Lipinski definition) is 1. The molecule has 0 radical (unpaired) electrons. The lowest BCUT2D eigenvalue weighted by Crippen LogP contribution is -2.26. The standard InChI is InChI=1S/C28H31N3O2/c1-19(2)22-9-5-8-12-26(22)33-16-15-31-25-11-7-6-10-24(25)30-27(31)18-29-28(32)23-14-13-20(3)17-21(23)4/h5-14,17,19H,15-16,18H2,1-4H3,(H,29,32). The first-order valence-electron chi connectivity index (χ1n) is 11.5. The van der Waals surface area contributed by atoms with Crippen LogP contribution in [0, 0.1) is 13.8 Å². The minimum atomic E-state index is -0.0896. The first-order chi connectivity index (χ1) is 15.9. The summed E-state index contributed by atoms with van der Waals surface area (Å²) in [6, 6.07) is 22.1. The second-order valence-corrected chi connectivity index (χ2v) is 8.71. The van der Waals surface area contributed by atoms with Gasteiger partial charge < -0.3 is 14.6 Å². The molecule has 0 saturated heterocycles. The van der Waals surface area contributed by atoms with Crippen molar-refractivity contribution >= 4 is 16.9 Å². The van der Waals surface area contributed by atoms with Crippen LogP contribution in [0.2, 0.25) is 0 Å². The molecule has 0 atom stereocenters. The molecular formula is C28H31N3O2. The molecule has 1 heterocycles.